The van der Waals surface area contributed by atoms with Crippen molar-refractivity contribution >= 4 is 11.8 Å². The summed E-state index contributed by atoms with van der Waals surface area (Å²) >= 11 is 0. The summed E-state index contributed by atoms with van der Waals surface area (Å²) in [5.41, 5.74) is 2.72. The predicted molar refractivity (Wildman–Crippen MR) is 76.1 cm³/mol. The van der Waals surface area contributed by atoms with Crippen LogP contribution in [0.15, 0.2) is 24.3 Å². The van der Waals surface area contributed by atoms with Gasteiger partial charge in [0.2, 0.25) is 0 Å². The van der Waals surface area contributed by atoms with Gasteiger partial charge in [0.25, 0.3) is 0 Å². The van der Waals surface area contributed by atoms with Crippen LogP contribution < -0.4 is 10.1 Å². The van der Waals surface area contributed by atoms with Gasteiger partial charge >= 0.3 is 0 Å². The Balaban J connectivity index is 1.86. The first-order chi connectivity index (χ1) is 8.81. The molecule has 2 nitrogen and oxygen atoms in total. The molecule has 1 spiro atoms. The molecule has 18 heavy (non-hydrogen) atoms. The fourth-order valence-electron chi connectivity index (χ4n) is 3.08. The zero-order valence-electron chi connectivity index (χ0n) is 11.0. The second-order valence-electron chi connectivity index (χ2n) is 5.36. The lowest BCUT2D eigenvalue weighted by Crippen LogP contribution is -2.39. The summed E-state index contributed by atoms with van der Waals surface area (Å²) in [7, 11) is 0. The second kappa shape index (κ2) is 4.68. The van der Waals surface area contributed by atoms with E-state index < -0.39 is 0 Å². The van der Waals surface area contributed by atoms with Gasteiger partial charge < -0.3 is 10.1 Å². The Morgan fingerprint density at radius 1 is 1.22 bits per heavy atom. The first-order valence-corrected chi connectivity index (χ1v) is 7.06. The molecule has 0 amide bonds. The van der Waals surface area contributed by atoms with E-state index in [9.17, 15) is 0 Å². The molecule has 0 aromatic heterocycles. The van der Waals surface area contributed by atoms with Crippen LogP contribution in [0, 0.1) is 0 Å². The molecule has 3 rings (SSSR count). The highest BCUT2D eigenvalue weighted by molar-refractivity contribution is 5.73. The van der Waals surface area contributed by atoms with Gasteiger partial charge in [-0.15, -0.1) is 0 Å². The van der Waals surface area contributed by atoms with E-state index in [1.807, 2.05) is 6.92 Å². The van der Waals surface area contributed by atoms with Crippen LogP contribution in [0.4, 0.5) is 5.69 Å². The molecule has 0 unspecified atom stereocenters. The molecule has 1 aliphatic heterocycles. The second-order valence-corrected chi connectivity index (χ2v) is 5.36. The fraction of sp³-hybridized carbons (Fsp3) is 0.500. The van der Waals surface area contributed by atoms with E-state index >= 15 is 0 Å². The summed E-state index contributed by atoms with van der Waals surface area (Å²) in [6, 6.07) is 6.34. The minimum absolute atomic E-state index is 0.221. The monoisotopic (exact) mass is 243 g/mol. The molecular weight excluding hydrogens is 222 g/mol. The number of fused-ring (bicyclic) bond motifs is 1. The third kappa shape index (κ3) is 2.12. The van der Waals surface area contributed by atoms with Crippen LogP contribution in [0.25, 0.3) is 6.08 Å². The van der Waals surface area contributed by atoms with Crippen LogP contribution in [-0.4, -0.2) is 12.1 Å². The first kappa shape index (κ1) is 11.6. The third-order valence-corrected chi connectivity index (χ3v) is 4.05. The van der Waals surface area contributed by atoms with E-state index in [2.05, 4.69) is 35.7 Å². The summed E-state index contributed by atoms with van der Waals surface area (Å²) in [5.74, 6) is 0.960. The van der Waals surface area contributed by atoms with Gasteiger partial charge in [-0.25, -0.2) is 0 Å². The van der Waals surface area contributed by atoms with Crippen molar-refractivity contribution in [3.8, 4) is 5.75 Å². The van der Waals surface area contributed by atoms with Crippen molar-refractivity contribution < 1.29 is 4.74 Å². The molecule has 0 atom stereocenters. The minimum atomic E-state index is 0.221. The van der Waals surface area contributed by atoms with Crippen molar-refractivity contribution in [3.05, 3.63) is 29.8 Å². The lowest BCUT2D eigenvalue weighted by atomic mass is 9.79. The molecule has 1 saturated carbocycles. The summed E-state index contributed by atoms with van der Waals surface area (Å²) in [4.78, 5) is 0. The van der Waals surface area contributed by atoms with E-state index in [1.165, 1.54) is 43.4 Å². The number of benzene rings is 1. The average Bonchev–Trinajstić information content (AvgIpc) is 2.40. The van der Waals surface area contributed by atoms with Crippen LogP contribution in [-0.2, 0) is 0 Å². The van der Waals surface area contributed by atoms with Crippen molar-refractivity contribution in [2.75, 3.05) is 11.9 Å². The highest BCUT2D eigenvalue weighted by Gasteiger charge is 2.31. The van der Waals surface area contributed by atoms with Crippen LogP contribution in [0.2, 0.25) is 0 Å². The van der Waals surface area contributed by atoms with Crippen molar-refractivity contribution in [1.29, 1.82) is 0 Å². The molecule has 1 aliphatic carbocycles. The smallest absolute Gasteiger partial charge is 0.120 e. The van der Waals surface area contributed by atoms with Gasteiger partial charge in [0.1, 0.15) is 5.75 Å². The van der Waals surface area contributed by atoms with Crippen molar-refractivity contribution in [1.82, 2.24) is 0 Å². The van der Waals surface area contributed by atoms with E-state index in [-0.39, 0.29) is 5.54 Å². The highest BCUT2D eigenvalue weighted by atomic mass is 16.5. The predicted octanol–water partition coefficient (Wildman–Crippen LogP) is 4.23. The first-order valence-electron chi connectivity index (χ1n) is 7.06. The number of hydrogen-bond acceptors (Lipinski definition) is 2. The lowest BCUT2D eigenvalue weighted by molar-refractivity contribution is 0.340. The van der Waals surface area contributed by atoms with Gasteiger partial charge in [0.15, 0.2) is 0 Å². The van der Waals surface area contributed by atoms with E-state index in [1.54, 1.807) is 0 Å². The van der Waals surface area contributed by atoms with Gasteiger partial charge in [0, 0.05) is 11.3 Å². The molecular formula is C16H21NO. The molecule has 96 valence electrons. The SMILES string of the molecule is CCOc1ccc2c(c1)C=CC1(CCCCC1)N2. The highest BCUT2D eigenvalue weighted by Crippen LogP contribution is 2.38. The molecule has 2 aliphatic rings. The summed E-state index contributed by atoms with van der Waals surface area (Å²) in [6.45, 7) is 2.74. The number of rotatable bonds is 2. The Bertz CT molecular complexity index is 458. The average molecular weight is 243 g/mol. The van der Waals surface area contributed by atoms with Crippen molar-refractivity contribution in [2.24, 2.45) is 0 Å². The Morgan fingerprint density at radius 2 is 2.06 bits per heavy atom. The number of hydrogen-bond donors (Lipinski definition) is 1. The van der Waals surface area contributed by atoms with Crippen molar-refractivity contribution in [2.45, 2.75) is 44.6 Å². The van der Waals surface area contributed by atoms with E-state index in [0.717, 1.165) is 12.4 Å². The molecule has 2 heteroatoms. The fourth-order valence-corrected chi connectivity index (χ4v) is 3.08. The Kier molecular flexibility index (Phi) is 3.02. The zero-order chi connectivity index (χ0) is 12.4. The minimum Gasteiger partial charge on any atom is -0.494 e. The maximum Gasteiger partial charge on any atom is 0.120 e. The standard InChI is InChI=1S/C16H21NO/c1-2-18-14-6-7-15-13(12-14)8-11-16(17-15)9-4-3-5-10-16/h6-8,11-12,17H,2-5,9-10H2,1H3. The van der Waals surface area contributed by atoms with Crippen LogP contribution in [0.3, 0.4) is 0 Å². The van der Waals surface area contributed by atoms with Crippen LogP contribution in [0.5, 0.6) is 5.75 Å². The number of nitrogens with one attached hydrogen (secondary N) is 1. The summed E-state index contributed by atoms with van der Waals surface area (Å²) in [5, 5.41) is 3.74. The van der Waals surface area contributed by atoms with Gasteiger partial charge in [-0.3, -0.25) is 0 Å². The molecule has 1 N–H and O–H groups in total. The van der Waals surface area contributed by atoms with E-state index in [4.69, 9.17) is 4.74 Å². The van der Waals surface area contributed by atoms with Crippen molar-refractivity contribution in [3.63, 3.8) is 0 Å². The van der Waals surface area contributed by atoms with Crippen LogP contribution >= 0.6 is 0 Å². The largest absolute Gasteiger partial charge is 0.494 e. The van der Waals surface area contributed by atoms with Gasteiger partial charge in [-0.1, -0.05) is 31.4 Å². The topological polar surface area (TPSA) is 21.3 Å². The number of anilines is 1. The Morgan fingerprint density at radius 3 is 2.83 bits per heavy atom. The Hall–Kier alpha value is -1.44. The van der Waals surface area contributed by atoms with Crippen LogP contribution in [0.1, 0.15) is 44.6 Å². The molecule has 0 saturated heterocycles. The van der Waals surface area contributed by atoms with Gasteiger partial charge in [-0.05, 0) is 38.0 Å². The summed E-state index contributed by atoms with van der Waals surface area (Å²) in [6.07, 6.45) is 11.2. The molecule has 1 aromatic carbocycles. The maximum absolute atomic E-state index is 5.55. The molecule has 0 radical (unpaired) electrons. The third-order valence-electron chi connectivity index (χ3n) is 4.05. The number of ether oxygens (including phenoxy) is 1. The van der Waals surface area contributed by atoms with Gasteiger partial charge in [-0.2, -0.15) is 0 Å². The lowest BCUT2D eigenvalue weighted by Gasteiger charge is -2.39. The Labute approximate surface area is 109 Å². The molecule has 1 fully saturated rings. The molecule has 0 bridgehead atoms. The van der Waals surface area contributed by atoms with E-state index in [0.29, 0.717) is 0 Å². The quantitative estimate of drug-likeness (QED) is 0.839. The molecule has 1 heterocycles. The maximum atomic E-state index is 5.55. The summed E-state index contributed by atoms with van der Waals surface area (Å²) < 4.78 is 5.55. The zero-order valence-corrected chi connectivity index (χ0v) is 11.0. The normalized spacial score (nSPS) is 20.3. The molecule has 1 aromatic rings. The van der Waals surface area contributed by atoms with Gasteiger partial charge in [0.05, 0.1) is 12.1 Å².